The summed E-state index contributed by atoms with van der Waals surface area (Å²) in [4.78, 5) is 12.7. The Kier molecular flexibility index (Phi) is 5.11. The fourth-order valence-electron chi connectivity index (χ4n) is 3.97. The second-order valence-electron chi connectivity index (χ2n) is 8.25. The molecule has 1 aliphatic carbocycles. The van der Waals surface area contributed by atoms with Gasteiger partial charge in [0.15, 0.2) is 5.69 Å². The van der Waals surface area contributed by atoms with Crippen molar-refractivity contribution >= 4 is 22.5 Å². The quantitative estimate of drug-likeness (QED) is 0.508. The molecule has 2 N–H and O–H groups in total. The topological polar surface area (TPSA) is 103 Å². The standard InChI is InChI=1S/C22H26N4O4/c1-14-5-4-6-19(26(14)29)21(27)23-18-11-15-13-25(24-17(15)12-20(18)30-3)16-7-9-22(2,28)10-8-16/h4-6,11-13,16,28H,7-10H2,1-3H3,(H,23,27)/t16-,22-. The van der Waals surface area contributed by atoms with E-state index in [1.54, 1.807) is 31.2 Å². The number of hydrogen-bond acceptors (Lipinski definition) is 5. The molecule has 30 heavy (non-hydrogen) atoms. The molecule has 1 amide bonds. The number of aliphatic hydroxyl groups is 1. The van der Waals surface area contributed by atoms with E-state index in [1.165, 1.54) is 13.2 Å². The van der Waals surface area contributed by atoms with Gasteiger partial charge in [0, 0.05) is 36.7 Å². The van der Waals surface area contributed by atoms with E-state index >= 15 is 0 Å². The van der Waals surface area contributed by atoms with E-state index in [2.05, 4.69) is 10.4 Å². The van der Waals surface area contributed by atoms with Crippen LogP contribution in [0.15, 0.2) is 36.5 Å². The van der Waals surface area contributed by atoms with E-state index < -0.39 is 11.5 Å². The number of nitrogens with one attached hydrogen (secondary N) is 1. The average Bonchev–Trinajstić information content (AvgIpc) is 3.12. The molecule has 3 aromatic rings. The smallest absolute Gasteiger partial charge is 0.321 e. The van der Waals surface area contributed by atoms with Crippen molar-refractivity contribution in [3.8, 4) is 5.75 Å². The lowest BCUT2D eigenvalue weighted by atomic mass is 9.84. The Morgan fingerprint density at radius 1 is 1.37 bits per heavy atom. The van der Waals surface area contributed by atoms with Crippen molar-refractivity contribution < 1.29 is 19.4 Å². The minimum atomic E-state index is -0.599. The number of amides is 1. The van der Waals surface area contributed by atoms with Gasteiger partial charge in [0.2, 0.25) is 0 Å². The minimum absolute atomic E-state index is 0.0158. The predicted octanol–water partition coefficient (Wildman–Crippen LogP) is 3.11. The van der Waals surface area contributed by atoms with E-state index in [9.17, 15) is 15.1 Å². The maximum atomic E-state index is 12.7. The molecule has 0 bridgehead atoms. The molecule has 2 aromatic heterocycles. The van der Waals surface area contributed by atoms with Gasteiger partial charge in [0.25, 0.3) is 5.69 Å². The lowest BCUT2D eigenvalue weighted by molar-refractivity contribution is -0.614. The zero-order chi connectivity index (χ0) is 21.5. The molecule has 0 atom stereocenters. The average molecular weight is 410 g/mol. The van der Waals surface area contributed by atoms with Gasteiger partial charge in [-0.3, -0.25) is 9.48 Å². The number of carbonyl (C=O) groups excluding carboxylic acids is 1. The lowest BCUT2D eigenvalue weighted by Crippen LogP contribution is -2.39. The van der Waals surface area contributed by atoms with Gasteiger partial charge < -0.3 is 20.4 Å². The number of methoxy groups -OCH3 is 1. The monoisotopic (exact) mass is 410 g/mol. The Labute approximate surface area is 174 Å². The normalized spacial score (nSPS) is 21.5. The summed E-state index contributed by atoms with van der Waals surface area (Å²) in [5.74, 6) is -0.0361. The van der Waals surface area contributed by atoms with Crippen molar-refractivity contribution in [1.29, 1.82) is 0 Å². The molecule has 0 saturated heterocycles. The van der Waals surface area contributed by atoms with Crippen LogP contribution in [0.25, 0.3) is 10.9 Å². The zero-order valence-electron chi connectivity index (χ0n) is 17.4. The largest absolute Gasteiger partial charge is 0.618 e. The Balaban J connectivity index is 1.62. The first-order chi connectivity index (χ1) is 14.3. The van der Waals surface area contributed by atoms with Crippen LogP contribution in [0.1, 0.15) is 54.8 Å². The molecule has 0 unspecified atom stereocenters. The molecule has 8 heteroatoms. The molecular weight excluding hydrogens is 384 g/mol. The predicted molar refractivity (Wildman–Crippen MR) is 113 cm³/mol. The maximum absolute atomic E-state index is 12.7. The van der Waals surface area contributed by atoms with Gasteiger partial charge in [-0.15, -0.1) is 0 Å². The van der Waals surface area contributed by atoms with Crippen LogP contribution in [0, 0.1) is 12.1 Å². The number of benzene rings is 1. The van der Waals surface area contributed by atoms with Gasteiger partial charge in [-0.2, -0.15) is 9.83 Å². The van der Waals surface area contributed by atoms with Gasteiger partial charge in [-0.25, -0.2) is 0 Å². The number of aromatic nitrogens is 3. The van der Waals surface area contributed by atoms with E-state index in [0.717, 1.165) is 36.6 Å². The van der Waals surface area contributed by atoms with E-state index in [-0.39, 0.29) is 11.7 Å². The first-order valence-electron chi connectivity index (χ1n) is 10.1. The summed E-state index contributed by atoms with van der Waals surface area (Å²) in [6, 6.07) is 8.62. The van der Waals surface area contributed by atoms with E-state index in [1.807, 2.05) is 17.8 Å². The maximum Gasteiger partial charge on any atom is 0.321 e. The van der Waals surface area contributed by atoms with Crippen molar-refractivity contribution in [3.63, 3.8) is 0 Å². The third-order valence-electron chi connectivity index (χ3n) is 5.86. The Morgan fingerprint density at radius 3 is 2.80 bits per heavy atom. The molecule has 1 fully saturated rings. The third-order valence-corrected chi connectivity index (χ3v) is 5.86. The second-order valence-corrected chi connectivity index (χ2v) is 8.25. The first-order valence-corrected chi connectivity index (χ1v) is 10.1. The molecular formula is C22H26N4O4. The second kappa shape index (κ2) is 7.60. The summed E-state index contributed by atoms with van der Waals surface area (Å²) in [7, 11) is 1.53. The summed E-state index contributed by atoms with van der Waals surface area (Å²) >= 11 is 0. The number of pyridine rings is 1. The van der Waals surface area contributed by atoms with Crippen LogP contribution in [-0.2, 0) is 0 Å². The highest BCUT2D eigenvalue weighted by Crippen LogP contribution is 2.36. The molecule has 1 saturated carbocycles. The van der Waals surface area contributed by atoms with Crippen LogP contribution < -0.4 is 14.8 Å². The Bertz CT molecular complexity index is 1100. The number of nitrogens with zero attached hydrogens (tertiary/aromatic N) is 3. The summed E-state index contributed by atoms with van der Waals surface area (Å²) in [6.45, 7) is 3.53. The van der Waals surface area contributed by atoms with Gasteiger partial charge >= 0.3 is 5.91 Å². The number of ether oxygens (including phenoxy) is 1. The van der Waals surface area contributed by atoms with Gasteiger partial charge in [-0.05, 0) is 44.7 Å². The van der Waals surface area contributed by atoms with E-state index in [0.29, 0.717) is 21.9 Å². The van der Waals surface area contributed by atoms with Gasteiger partial charge in [0.1, 0.15) is 5.75 Å². The van der Waals surface area contributed by atoms with Crippen molar-refractivity contribution in [3.05, 3.63) is 53.1 Å². The molecule has 4 rings (SSSR count). The van der Waals surface area contributed by atoms with Gasteiger partial charge in [-0.1, -0.05) is 0 Å². The molecule has 8 nitrogen and oxygen atoms in total. The van der Waals surface area contributed by atoms with Crippen LogP contribution in [0.3, 0.4) is 0 Å². The molecule has 1 aromatic carbocycles. The van der Waals surface area contributed by atoms with E-state index in [4.69, 9.17) is 4.74 Å². The summed E-state index contributed by atoms with van der Waals surface area (Å²) in [5.41, 5.74) is 1.09. The van der Waals surface area contributed by atoms with Crippen LogP contribution in [0.2, 0.25) is 0 Å². The van der Waals surface area contributed by atoms with Crippen molar-refractivity contribution in [2.45, 2.75) is 51.2 Å². The molecule has 1 aliphatic rings. The summed E-state index contributed by atoms with van der Waals surface area (Å²) in [6.07, 6.45) is 5.15. The number of aryl methyl sites for hydroxylation is 1. The van der Waals surface area contributed by atoms with Crippen LogP contribution >= 0.6 is 0 Å². The highest BCUT2D eigenvalue weighted by atomic mass is 16.5. The molecule has 0 spiro atoms. The van der Waals surface area contributed by atoms with Crippen LogP contribution in [-0.4, -0.2) is 33.5 Å². The minimum Gasteiger partial charge on any atom is -0.618 e. The Hall–Kier alpha value is -3.13. The number of rotatable bonds is 4. The third kappa shape index (κ3) is 3.82. The molecule has 0 radical (unpaired) electrons. The van der Waals surface area contributed by atoms with Crippen LogP contribution in [0.5, 0.6) is 5.75 Å². The molecule has 2 heterocycles. The highest BCUT2D eigenvalue weighted by molar-refractivity contribution is 6.04. The lowest BCUT2D eigenvalue weighted by Gasteiger charge is -2.33. The van der Waals surface area contributed by atoms with Gasteiger partial charge in [0.05, 0.1) is 30.0 Å². The fourth-order valence-corrected chi connectivity index (χ4v) is 3.97. The summed E-state index contributed by atoms with van der Waals surface area (Å²) < 4.78 is 7.99. The summed E-state index contributed by atoms with van der Waals surface area (Å²) in [5, 5.41) is 30.7. The zero-order valence-corrected chi connectivity index (χ0v) is 17.4. The number of hydrogen-bond donors (Lipinski definition) is 2. The van der Waals surface area contributed by atoms with Crippen molar-refractivity contribution in [2.24, 2.45) is 0 Å². The fraction of sp³-hybridized carbons (Fsp3) is 0.409. The first kappa shape index (κ1) is 20.2. The van der Waals surface area contributed by atoms with Crippen molar-refractivity contribution in [2.75, 3.05) is 12.4 Å². The molecule has 158 valence electrons. The SMILES string of the molecule is COc1cc2nn([C@H]3CC[C@](C)(O)CC3)cc2cc1NC(=O)c1cccc(C)[n+]1[O-]. The van der Waals surface area contributed by atoms with Crippen LogP contribution in [0.4, 0.5) is 5.69 Å². The van der Waals surface area contributed by atoms with Crippen molar-refractivity contribution in [1.82, 2.24) is 9.78 Å². The Morgan fingerprint density at radius 2 is 2.10 bits per heavy atom. The number of carbonyl (C=O) groups is 1. The number of fused-ring (bicyclic) bond motifs is 1. The number of anilines is 1. The molecule has 0 aliphatic heterocycles. The highest BCUT2D eigenvalue weighted by Gasteiger charge is 2.30.